The van der Waals surface area contributed by atoms with E-state index in [0.29, 0.717) is 11.5 Å². The van der Waals surface area contributed by atoms with Gasteiger partial charge in [-0.3, -0.25) is 14.2 Å². The van der Waals surface area contributed by atoms with E-state index in [-0.39, 0.29) is 23.9 Å². The number of rotatable bonds is 7. The molecule has 0 aliphatic rings. The van der Waals surface area contributed by atoms with Gasteiger partial charge in [-0.1, -0.05) is 84.9 Å². The Labute approximate surface area is 187 Å². The molecule has 5 nitrogen and oxygen atoms in total. The van der Waals surface area contributed by atoms with Crippen LogP contribution in [-0.4, -0.2) is 15.3 Å². The molecule has 1 heterocycles. The molecule has 1 atom stereocenters. The van der Waals surface area contributed by atoms with Crippen molar-refractivity contribution < 1.29 is 4.79 Å². The third-order valence-corrected chi connectivity index (χ3v) is 5.35. The fourth-order valence-corrected chi connectivity index (χ4v) is 3.69. The molecule has 1 unspecified atom stereocenters. The maximum atomic E-state index is 13.2. The van der Waals surface area contributed by atoms with Gasteiger partial charge in [-0.25, -0.2) is 4.98 Å². The zero-order valence-electron chi connectivity index (χ0n) is 18.2. The first-order valence-electron chi connectivity index (χ1n) is 10.6. The molecule has 0 aliphatic carbocycles. The van der Waals surface area contributed by atoms with Crippen molar-refractivity contribution in [3.8, 4) is 22.5 Å². The van der Waals surface area contributed by atoms with E-state index in [1.807, 2.05) is 55.5 Å². The monoisotopic (exact) mass is 423 g/mol. The van der Waals surface area contributed by atoms with Crippen LogP contribution in [0.25, 0.3) is 22.5 Å². The van der Waals surface area contributed by atoms with Crippen molar-refractivity contribution >= 4 is 11.5 Å². The summed E-state index contributed by atoms with van der Waals surface area (Å²) >= 11 is 0. The minimum Gasteiger partial charge on any atom is -0.373 e. The first-order chi connectivity index (χ1) is 15.5. The molecule has 0 amide bonds. The van der Waals surface area contributed by atoms with E-state index in [4.69, 9.17) is 0 Å². The van der Waals surface area contributed by atoms with E-state index in [1.54, 1.807) is 6.20 Å². The zero-order valence-corrected chi connectivity index (χ0v) is 18.2. The second-order valence-corrected chi connectivity index (χ2v) is 7.81. The molecule has 0 aliphatic heterocycles. The minimum absolute atomic E-state index is 0.0221. The van der Waals surface area contributed by atoms with E-state index in [1.165, 1.54) is 11.5 Å². The molecule has 3 aromatic carbocycles. The van der Waals surface area contributed by atoms with Crippen LogP contribution in [0.15, 0.2) is 95.9 Å². The van der Waals surface area contributed by atoms with E-state index in [2.05, 4.69) is 46.7 Å². The Morgan fingerprint density at radius 3 is 2.03 bits per heavy atom. The summed E-state index contributed by atoms with van der Waals surface area (Å²) < 4.78 is 1.44. The lowest BCUT2D eigenvalue weighted by Gasteiger charge is -2.18. The highest BCUT2D eigenvalue weighted by Crippen LogP contribution is 2.24. The molecule has 1 aromatic heterocycles. The van der Waals surface area contributed by atoms with E-state index in [0.717, 1.165) is 22.3 Å². The fraction of sp³-hybridized carbons (Fsp3) is 0.148. The maximum Gasteiger partial charge on any atom is 0.277 e. The molecule has 4 rings (SSSR count). The Morgan fingerprint density at radius 1 is 0.875 bits per heavy atom. The summed E-state index contributed by atoms with van der Waals surface area (Å²) in [6, 6.07) is 27.8. The number of hydrogen-bond donors (Lipinski definition) is 1. The number of benzene rings is 3. The lowest BCUT2D eigenvalue weighted by Crippen LogP contribution is -2.29. The van der Waals surface area contributed by atoms with Crippen LogP contribution < -0.4 is 10.9 Å². The number of hydrogen-bond acceptors (Lipinski definition) is 4. The molecule has 32 heavy (non-hydrogen) atoms. The van der Waals surface area contributed by atoms with Crippen molar-refractivity contribution in [3.63, 3.8) is 0 Å². The summed E-state index contributed by atoms with van der Waals surface area (Å²) in [5.74, 6) is 0.379. The molecule has 0 radical (unpaired) electrons. The van der Waals surface area contributed by atoms with Crippen molar-refractivity contribution in [1.29, 1.82) is 0 Å². The topological polar surface area (TPSA) is 64.0 Å². The molecule has 1 N–H and O–H groups in total. The van der Waals surface area contributed by atoms with E-state index < -0.39 is 0 Å². The molecule has 0 fully saturated rings. The third kappa shape index (κ3) is 4.67. The van der Waals surface area contributed by atoms with Crippen LogP contribution in [0.4, 0.5) is 5.69 Å². The average Bonchev–Trinajstić information content (AvgIpc) is 2.82. The van der Waals surface area contributed by atoms with Crippen LogP contribution in [0.3, 0.4) is 0 Å². The second kappa shape index (κ2) is 9.43. The molecule has 0 bridgehead atoms. The number of aromatic nitrogens is 2. The van der Waals surface area contributed by atoms with Crippen molar-refractivity contribution in [3.05, 3.63) is 107 Å². The third-order valence-electron chi connectivity index (χ3n) is 5.35. The molecule has 0 saturated heterocycles. The van der Waals surface area contributed by atoms with Crippen molar-refractivity contribution in [2.75, 3.05) is 5.32 Å². The number of carbonyl (C=O) groups excluding carboxylic acids is 1. The Balaban J connectivity index is 1.61. The number of carbonyl (C=O) groups is 1. The van der Waals surface area contributed by atoms with Crippen LogP contribution in [-0.2, 0) is 11.3 Å². The minimum atomic E-state index is -0.262. The highest BCUT2D eigenvalue weighted by molar-refractivity contribution is 5.76. The summed E-state index contributed by atoms with van der Waals surface area (Å²) in [7, 11) is 0. The summed E-state index contributed by atoms with van der Waals surface area (Å²) in [4.78, 5) is 29.6. The maximum absolute atomic E-state index is 13.2. The first-order valence-corrected chi connectivity index (χ1v) is 10.6. The number of Topliss-reactive ketones (excluding diaryl/α,β-unsaturated/α-hetero) is 1. The largest absolute Gasteiger partial charge is 0.373 e. The highest BCUT2D eigenvalue weighted by Gasteiger charge is 2.15. The Hall–Kier alpha value is -3.99. The predicted molar refractivity (Wildman–Crippen MR) is 129 cm³/mol. The SMILES string of the molecule is CC(=O)Cn1c(-c2ccccc2)ncc(NC(C)c2ccc(-c3ccccc3)cc2)c1=O. The van der Waals surface area contributed by atoms with E-state index >= 15 is 0 Å². The average molecular weight is 424 g/mol. The Bertz CT molecular complexity index is 1260. The van der Waals surface area contributed by atoms with Gasteiger partial charge in [-0.05, 0) is 30.5 Å². The van der Waals surface area contributed by atoms with Crippen LogP contribution in [0.2, 0.25) is 0 Å². The summed E-state index contributed by atoms with van der Waals surface area (Å²) in [5, 5.41) is 3.27. The van der Waals surface area contributed by atoms with Gasteiger partial charge in [0, 0.05) is 11.6 Å². The summed E-state index contributed by atoms with van der Waals surface area (Å²) in [5.41, 5.74) is 4.25. The van der Waals surface area contributed by atoms with Gasteiger partial charge in [0.1, 0.15) is 17.3 Å². The fourth-order valence-electron chi connectivity index (χ4n) is 3.69. The van der Waals surface area contributed by atoms with Gasteiger partial charge in [-0.2, -0.15) is 0 Å². The molecule has 5 heteroatoms. The van der Waals surface area contributed by atoms with Gasteiger partial charge in [0.05, 0.1) is 12.7 Å². The predicted octanol–water partition coefficient (Wildman–Crippen LogP) is 5.34. The molecule has 0 saturated carbocycles. The lowest BCUT2D eigenvalue weighted by atomic mass is 10.0. The zero-order chi connectivity index (χ0) is 22.5. The van der Waals surface area contributed by atoms with Crippen LogP contribution in [0.5, 0.6) is 0 Å². The quantitative estimate of drug-likeness (QED) is 0.436. The highest BCUT2D eigenvalue weighted by atomic mass is 16.1. The van der Waals surface area contributed by atoms with Crippen molar-refractivity contribution in [1.82, 2.24) is 9.55 Å². The number of ketones is 1. The van der Waals surface area contributed by atoms with Gasteiger partial charge in [-0.15, -0.1) is 0 Å². The van der Waals surface area contributed by atoms with Gasteiger partial charge in [0.15, 0.2) is 0 Å². The van der Waals surface area contributed by atoms with E-state index in [9.17, 15) is 9.59 Å². The summed E-state index contributed by atoms with van der Waals surface area (Å²) in [6.07, 6.45) is 1.55. The van der Waals surface area contributed by atoms with Gasteiger partial charge >= 0.3 is 0 Å². The standard InChI is InChI=1S/C27H25N3O2/c1-19(31)18-30-26(24-11-7-4-8-12-24)28-17-25(27(30)32)29-20(2)21-13-15-23(16-14-21)22-9-5-3-6-10-22/h3-17,20,29H,18H2,1-2H3. The van der Waals surface area contributed by atoms with Crippen LogP contribution in [0.1, 0.15) is 25.5 Å². The molecular formula is C27H25N3O2. The second-order valence-electron chi connectivity index (χ2n) is 7.81. The lowest BCUT2D eigenvalue weighted by molar-refractivity contribution is -0.117. The van der Waals surface area contributed by atoms with Crippen molar-refractivity contribution in [2.24, 2.45) is 0 Å². The molecule has 4 aromatic rings. The van der Waals surface area contributed by atoms with Crippen LogP contribution >= 0.6 is 0 Å². The van der Waals surface area contributed by atoms with Crippen molar-refractivity contribution in [2.45, 2.75) is 26.4 Å². The summed E-state index contributed by atoms with van der Waals surface area (Å²) in [6.45, 7) is 3.45. The van der Waals surface area contributed by atoms with Crippen LogP contribution in [0, 0.1) is 0 Å². The number of nitrogens with one attached hydrogen (secondary N) is 1. The number of anilines is 1. The Morgan fingerprint density at radius 2 is 1.44 bits per heavy atom. The normalized spacial score (nSPS) is 11.7. The smallest absolute Gasteiger partial charge is 0.277 e. The molecule has 0 spiro atoms. The Kier molecular flexibility index (Phi) is 6.26. The molecular weight excluding hydrogens is 398 g/mol. The first kappa shape index (κ1) is 21.2. The van der Waals surface area contributed by atoms with Gasteiger partial charge in [0.25, 0.3) is 5.56 Å². The number of nitrogens with zero attached hydrogens (tertiary/aromatic N) is 2. The van der Waals surface area contributed by atoms with Gasteiger partial charge < -0.3 is 5.32 Å². The van der Waals surface area contributed by atoms with Gasteiger partial charge in [0.2, 0.25) is 0 Å². The molecule has 160 valence electrons.